The normalized spacial score (nSPS) is 18.8. The monoisotopic (exact) mass is 384 g/mol. The average molecular weight is 384 g/mol. The molecule has 1 aliphatic rings. The zero-order chi connectivity index (χ0) is 20.3. The summed E-state index contributed by atoms with van der Waals surface area (Å²) in [5, 5.41) is 14.6. The molecule has 146 valence electrons. The maximum absolute atomic E-state index is 13.1. The number of hydrogen-bond acceptors (Lipinski definition) is 3. The number of hydrogen-bond donors (Lipinski definition) is 3. The predicted octanol–water partition coefficient (Wildman–Crippen LogP) is 3.37. The molecule has 0 saturated heterocycles. The van der Waals surface area contributed by atoms with Crippen LogP contribution in [0.4, 0.5) is 10.1 Å². The van der Waals surface area contributed by atoms with Crippen LogP contribution in [0.15, 0.2) is 48.5 Å². The lowest BCUT2D eigenvalue weighted by Gasteiger charge is -2.18. The van der Waals surface area contributed by atoms with Crippen LogP contribution in [0.25, 0.3) is 0 Å². The number of carboxylic acids is 1. The minimum atomic E-state index is -1.09. The number of rotatable bonds is 7. The molecule has 3 rings (SSSR count). The van der Waals surface area contributed by atoms with Crippen LogP contribution in [0.1, 0.15) is 41.7 Å². The van der Waals surface area contributed by atoms with Crippen LogP contribution in [0, 0.1) is 17.7 Å². The van der Waals surface area contributed by atoms with Crippen LogP contribution in [0.5, 0.6) is 0 Å². The van der Waals surface area contributed by atoms with Gasteiger partial charge in [-0.1, -0.05) is 25.1 Å². The lowest BCUT2D eigenvalue weighted by atomic mass is 10.0. The van der Waals surface area contributed by atoms with E-state index in [9.17, 15) is 18.8 Å². The van der Waals surface area contributed by atoms with E-state index >= 15 is 0 Å². The maximum Gasteiger partial charge on any atom is 0.305 e. The van der Waals surface area contributed by atoms with Crippen molar-refractivity contribution in [2.75, 3.05) is 5.32 Å². The summed E-state index contributed by atoms with van der Waals surface area (Å²) in [5.74, 6) is -1.70. The Labute approximate surface area is 161 Å². The summed E-state index contributed by atoms with van der Waals surface area (Å²) in [4.78, 5) is 35.9. The second-order valence-corrected chi connectivity index (χ2v) is 7.06. The Morgan fingerprint density at radius 1 is 1.18 bits per heavy atom. The van der Waals surface area contributed by atoms with E-state index in [4.69, 9.17) is 5.11 Å². The highest BCUT2D eigenvalue weighted by molar-refractivity contribution is 5.98. The lowest BCUT2D eigenvalue weighted by molar-refractivity contribution is -0.137. The molecule has 1 fully saturated rings. The van der Waals surface area contributed by atoms with Crippen LogP contribution < -0.4 is 10.6 Å². The largest absolute Gasteiger partial charge is 0.481 e. The van der Waals surface area contributed by atoms with Gasteiger partial charge in [0.25, 0.3) is 5.91 Å². The van der Waals surface area contributed by atoms with E-state index in [-0.39, 0.29) is 18.2 Å². The predicted molar refractivity (Wildman–Crippen MR) is 101 cm³/mol. The Kier molecular flexibility index (Phi) is 5.73. The average Bonchev–Trinajstić information content (AvgIpc) is 3.38. The highest BCUT2D eigenvalue weighted by atomic mass is 19.1. The Hall–Kier alpha value is -3.22. The number of carbonyl (C=O) groups is 3. The van der Waals surface area contributed by atoms with Crippen molar-refractivity contribution in [3.8, 4) is 0 Å². The van der Waals surface area contributed by atoms with Crippen molar-refractivity contribution in [2.45, 2.75) is 25.8 Å². The summed E-state index contributed by atoms with van der Waals surface area (Å²) < 4.78 is 13.1. The van der Waals surface area contributed by atoms with E-state index in [2.05, 4.69) is 10.6 Å². The molecule has 0 aromatic heterocycles. The second-order valence-electron chi connectivity index (χ2n) is 7.06. The van der Waals surface area contributed by atoms with Crippen LogP contribution >= 0.6 is 0 Å². The fourth-order valence-electron chi connectivity index (χ4n) is 3.02. The molecular formula is C21H21FN2O4. The van der Waals surface area contributed by atoms with Gasteiger partial charge in [0.15, 0.2) is 0 Å². The Bertz CT molecular complexity index is 898. The van der Waals surface area contributed by atoms with E-state index in [1.165, 1.54) is 24.3 Å². The molecule has 3 atom stereocenters. The van der Waals surface area contributed by atoms with Crippen molar-refractivity contribution in [3.63, 3.8) is 0 Å². The van der Waals surface area contributed by atoms with Gasteiger partial charge in [-0.3, -0.25) is 14.4 Å². The molecule has 0 spiro atoms. The molecule has 2 aromatic carbocycles. The van der Waals surface area contributed by atoms with E-state index in [0.717, 1.165) is 6.42 Å². The lowest BCUT2D eigenvalue weighted by Crippen LogP contribution is -2.30. The molecule has 28 heavy (non-hydrogen) atoms. The van der Waals surface area contributed by atoms with Crippen LogP contribution in [-0.2, 0) is 9.59 Å². The summed E-state index contributed by atoms with van der Waals surface area (Å²) in [6.07, 6.45) is 0.522. The molecule has 2 aromatic rings. The molecule has 3 N–H and O–H groups in total. The highest BCUT2D eigenvalue weighted by Crippen LogP contribution is 2.38. The summed E-state index contributed by atoms with van der Waals surface area (Å²) in [7, 11) is 0. The molecule has 0 heterocycles. The van der Waals surface area contributed by atoms with Gasteiger partial charge in [-0.25, -0.2) is 4.39 Å². The number of anilines is 1. The Morgan fingerprint density at radius 2 is 1.86 bits per heavy atom. The van der Waals surface area contributed by atoms with E-state index < -0.39 is 23.7 Å². The minimum Gasteiger partial charge on any atom is -0.481 e. The Balaban J connectivity index is 1.72. The van der Waals surface area contributed by atoms with Gasteiger partial charge in [-0.15, -0.1) is 0 Å². The first kappa shape index (κ1) is 19.5. The smallest absolute Gasteiger partial charge is 0.305 e. The third kappa shape index (κ3) is 4.94. The van der Waals surface area contributed by atoms with Crippen molar-refractivity contribution in [2.24, 2.45) is 11.8 Å². The summed E-state index contributed by atoms with van der Waals surface area (Å²) >= 11 is 0. The maximum atomic E-state index is 13.1. The molecule has 0 bridgehead atoms. The second kappa shape index (κ2) is 8.21. The van der Waals surface area contributed by atoms with Gasteiger partial charge in [0.1, 0.15) is 5.82 Å². The quantitative estimate of drug-likeness (QED) is 0.682. The molecule has 2 amide bonds. The Morgan fingerprint density at radius 3 is 2.46 bits per heavy atom. The molecule has 1 saturated carbocycles. The third-order valence-electron chi connectivity index (χ3n) is 4.79. The van der Waals surface area contributed by atoms with Gasteiger partial charge < -0.3 is 15.7 Å². The minimum absolute atomic E-state index is 0.0101. The van der Waals surface area contributed by atoms with E-state index in [1.807, 2.05) is 6.92 Å². The van der Waals surface area contributed by atoms with Gasteiger partial charge in [0, 0.05) is 17.2 Å². The number of benzene rings is 2. The summed E-state index contributed by atoms with van der Waals surface area (Å²) in [5.41, 5.74) is 1.29. The van der Waals surface area contributed by atoms with Crippen LogP contribution in [0.2, 0.25) is 0 Å². The number of halogens is 1. The van der Waals surface area contributed by atoms with E-state index in [0.29, 0.717) is 22.7 Å². The zero-order valence-electron chi connectivity index (χ0n) is 15.3. The first-order valence-electron chi connectivity index (χ1n) is 9.02. The fraction of sp³-hybridized carbons (Fsp3) is 0.286. The van der Waals surface area contributed by atoms with E-state index in [1.54, 1.807) is 24.3 Å². The molecular weight excluding hydrogens is 363 g/mol. The van der Waals surface area contributed by atoms with Crippen LogP contribution in [0.3, 0.4) is 0 Å². The molecule has 0 aliphatic heterocycles. The third-order valence-corrected chi connectivity index (χ3v) is 4.79. The number of carboxylic acid groups (broad SMARTS) is 1. The summed E-state index contributed by atoms with van der Waals surface area (Å²) in [6.45, 7) is 2.01. The van der Waals surface area contributed by atoms with Crippen molar-refractivity contribution in [1.82, 2.24) is 5.32 Å². The van der Waals surface area contributed by atoms with Gasteiger partial charge in [0.2, 0.25) is 5.91 Å². The molecule has 6 nitrogen and oxygen atoms in total. The van der Waals surface area contributed by atoms with Crippen LogP contribution in [-0.4, -0.2) is 22.9 Å². The first-order valence-corrected chi connectivity index (χ1v) is 9.02. The molecule has 0 radical (unpaired) electrons. The fourth-order valence-corrected chi connectivity index (χ4v) is 3.02. The molecule has 7 heteroatoms. The molecule has 3 unspecified atom stereocenters. The van der Waals surface area contributed by atoms with Gasteiger partial charge in [0.05, 0.1) is 12.5 Å². The van der Waals surface area contributed by atoms with Crippen molar-refractivity contribution >= 4 is 23.5 Å². The number of aliphatic carboxylic acids is 1. The number of amides is 2. The van der Waals surface area contributed by atoms with Gasteiger partial charge in [-0.2, -0.15) is 0 Å². The standard InChI is InChI=1S/C21H21FN2O4/c1-12-9-17(12)21(28)23-16-4-2-3-14(10-16)20(27)24-18(11-19(25)26)13-5-7-15(22)8-6-13/h2-8,10,12,17-18H,9,11H2,1H3,(H,23,28)(H,24,27)(H,25,26). The van der Waals surface area contributed by atoms with Crippen molar-refractivity contribution in [1.29, 1.82) is 0 Å². The van der Waals surface area contributed by atoms with Gasteiger partial charge >= 0.3 is 5.97 Å². The SMILES string of the molecule is CC1CC1C(=O)Nc1cccc(C(=O)NC(CC(=O)O)c2ccc(F)cc2)c1. The summed E-state index contributed by atoms with van der Waals surface area (Å²) in [6, 6.07) is 11.0. The molecule has 1 aliphatic carbocycles. The topological polar surface area (TPSA) is 95.5 Å². The first-order chi connectivity index (χ1) is 13.3. The van der Waals surface area contributed by atoms with Gasteiger partial charge in [-0.05, 0) is 48.2 Å². The van der Waals surface area contributed by atoms with Crippen molar-refractivity contribution < 1.29 is 23.9 Å². The highest BCUT2D eigenvalue weighted by Gasteiger charge is 2.39. The number of nitrogens with one attached hydrogen (secondary N) is 2. The zero-order valence-corrected chi connectivity index (χ0v) is 15.3. The number of carbonyl (C=O) groups excluding carboxylic acids is 2. The van der Waals surface area contributed by atoms with Crippen molar-refractivity contribution in [3.05, 3.63) is 65.5 Å².